The summed E-state index contributed by atoms with van der Waals surface area (Å²) < 4.78 is 13.3. The maximum atomic E-state index is 12.8. The molecule has 0 saturated heterocycles. The largest absolute Gasteiger partial charge is 0.504 e. The smallest absolute Gasteiger partial charge is 0.169 e. The molecule has 0 aliphatic rings. The highest BCUT2D eigenvalue weighted by atomic mass is 32.1. The van der Waals surface area contributed by atoms with Gasteiger partial charge in [-0.15, -0.1) is 11.3 Å². The fourth-order valence-corrected chi connectivity index (χ4v) is 1.94. The predicted octanol–water partition coefficient (Wildman–Crippen LogP) is 2.33. The van der Waals surface area contributed by atoms with Gasteiger partial charge in [0.05, 0.1) is 9.70 Å². The Morgan fingerprint density at radius 3 is 2.92 bits per heavy atom. The number of benzene rings is 1. The van der Waals surface area contributed by atoms with Gasteiger partial charge in [-0.05, 0) is 17.5 Å². The fraction of sp³-hybridized carbons (Fsp3) is 0. The maximum Gasteiger partial charge on any atom is 0.169 e. The normalized spacial score (nSPS) is 10.8. The predicted molar refractivity (Wildman–Crippen MR) is 47.9 cm³/mol. The van der Waals surface area contributed by atoms with Gasteiger partial charge in [0.1, 0.15) is 0 Å². The van der Waals surface area contributed by atoms with Crippen molar-refractivity contribution in [2.24, 2.45) is 0 Å². The molecule has 0 radical (unpaired) electrons. The van der Waals surface area contributed by atoms with Crippen molar-refractivity contribution in [1.29, 1.82) is 0 Å². The summed E-state index contributed by atoms with van der Waals surface area (Å²) in [6.45, 7) is 0. The first kappa shape index (κ1) is 7.36. The lowest BCUT2D eigenvalue weighted by atomic mass is 10.2. The second kappa shape index (κ2) is 2.35. The van der Waals surface area contributed by atoms with E-state index in [1.54, 1.807) is 12.1 Å². The average molecular weight is 183 g/mol. The molecule has 0 aliphatic carbocycles. The number of halogens is 1. The van der Waals surface area contributed by atoms with Gasteiger partial charge in [-0.1, -0.05) is 6.07 Å². The van der Waals surface area contributed by atoms with E-state index in [0.717, 1.165) is 5.39 Å². The van der Waals surface area contributed by atoms with Gasteiger partial charge >= 0.3 is 0 Å². The van der Waals surface area contributed by atoms with E-state index in [1.165, 1.54) is 17.4 Å². The van der Waals surface area contributed by atoms with Gasteiger partial charge in [-0.3, -0.25) is 0 Å². The third-order valence-corrected chi connectivity index (χ3v) is 2.62. The molecular formula is C8H6FNOS. The van der Waals surface area contributed by atoms with Crippen LogP contribution in [0.4, 0.5) is 9.39 Å². The Labute approximate surface area is 72.1 Å². The van der Waals surface area contributed by atoms with E-state index in [-0.39, 0.29) is 5.75 Å². The van der Waals surface area contributed by atoms with Crippen molar-refractivity contribution >= 4 is 26.4 Å². The fourth-order valence-electron chi connectivity index (χ4n) is 1.08. The molecule has 0 saturated carbocycles. The van der Waals surface area contributed by atoms with E-state index in [4.69, 9.17) is 5.73 Å². The van der Waals surface area contributed by atoms with Gasteiger partial charge in [0.2, 0.25) is 0 Å². The summed E-state index contributed by atoms with van der Waals surface area (Å²) in [6, 6.07) is 4.53. The summed E-state index contributed by atoms with van der Waals surface area (Å²) >= 11 is 1.18. The molecule has 1 aromatic carbocycles. The quantitative estimate of drug-likeness (QED) is 0.658. The van der Waals surface area contributed by atoms with Gasteiger partial charge < -0.3 is 10.8 Å². The molecule has 0 bridgehead atoms. The van der Waals surface area contributed by atoms with Crippen LogP contribution < -0.4 is 5.73 Å². The van der Waals surface area contributed by atoms with E-state index in [2.05, 4.69) is 0 Å². The van der Waals surface area contributed by atoms with Gasteiger partial charge in [-0.2, -0.15) is 0 Å². The Morgan fingerprint density at radius 2 is 2.17 bits per heavy atom. The highest BCUT2D eigenvalue weighted by Crippen LogP contribution is 2.35. The first-order valence-electron chi connectivity index (χ1n) is 3.35. The molecule has 0 atom stereocenters. The summed E-state index contributed by atoms with van der Waals surface area (Å²) in [5, 5.41) is 10.6. The molecule has 0 fully saturated rings. The summed E-state index contributed by atoms with van der Waals surface area (Å²) in [4.78, 5) is 0. The average Bonchev–Trinajstić information content (AvgIpc) is 2.39. The molecular weight excluding hydrogens is 177 g/mol. The van der Waals surface area contributed by atoms with E-state index < -0.39 is 5.82 Å². The number of nitrogens with two attached hydrogens (primary N) is 1. The van der Waals surface area contributed by atoms with Crippen LogP contribution in [-0.4, -0.2) is 5.11 Å². The summed E-state index contributed by atoms with van der Waals surface area (Å²) in [5.74, 6) is -0.918. The monoisotopic (exact) mass is 183 g/mol. The topological polar surface area (TPSA) is 46.2 Å². The van der Waals surface area contributed by atoms with Crippen LogP contribution in [0, 0.1) is 5.82 Å². The van der Waals surface area contributed by atoms with E-state index in [1.807, 2.05) is 0 Å². The molecule has 4 heteroatoms. The van der Waals surface area contributed by atoms with Crippen molar-refractivity contribution < 1.29 is 9.50 Å². The van der Waals surface area contributed by atoms with Gasteiger partial charge in [0.15, 0.2) is 11.6 Å². The van der Waals surface area contributed by atoms with Crippen LogP contribution in [0.2, 0.25) is 0 Å². The lowest BCUT2D eigenvalue weighted by molar-refractivity contribution is 0.439. The van der Waals surface area contributed by atoms with Crippen molar-refractivity contribution in [3.8, 4) is 5.75 Å². The number of nitrogen functional groups attached to an aromatic ring is 1. The van der Waals surface area contributed by atoms with E-state index in [0.29, 0.717) is 9.70 Å². The summed E-state index contributed by atoms with van der Waals surface area (Å²) in [6.07, 6.45) is 0. The molecule has 1 aromatic heterocycles. The molecule has 2 aromatic rings. The first-order valence-corrected chi connectivity index (χ1v) is 4.16. The van der Waals surface area contributed by atoms with Crippen molar-refractivity contribution in [2.45, 2.75) is 0 Å². The Kier molecular flexibility index (Phi) is 1.44. The van der Waals surface area contributed by atoms with Gasteiger partial charge in [0.25, 0.3) is 0 Å². The number of phenolic OH excluding ortho intramolecular Hbond substituents is 1. The highest BCUT2D eigenvalue weighted by molar-refractivity contribution is 7.23. The van der Waals surface area contributed by atoms with Crippen LogP contribution in [0.1, 0.15) is 0 Å². The number of fused-ring (bicyclic) bond motifs is 1. The molecule has 2 nitrogen and oxygen atoms in total. The molecule has 0 spiro atoms. The number of hydrogen-bond acceptors (Lipinski definition) is 3. The van der Waals surface area contributed by atoms with Crippen molar-refractivity contribution in [1.82, 2.24) is 0 Å². The maximum absolute atomic E-state index is 12.8. The molecule has 0 unspecified atom stereocenters. The summed E-state index contributed by atoms with van der Waals surface area (Å²) in [5.41, 5.74) is 5.49. The molecule has 12 heavy (non-hydrogen) atoms. The zero-order valence-corrected chi connectivity index (χ0v) is 6.86. The third-order valence-electron chi connectivity index (χ3n) is 1.63. The molecule has 0 amide bonds. The number of rotatable bonds is 0. The third kappa shape index (κ3) is 0.921. The summed E-state index contributed by atoms with van der Waals surface area (Å²) in [7, 11) is 0. The number of phenols is 1. The Bertz CT molecular complexity index is 438. The minimum atomic E-state index is -0.607. The second-order valence-electron chi connectivity index (χ2n) is 2.46. The second-order valence-corrected chi connectivity index (χ2v) is 3.55. The van der Waals surface area contributed by atoms with Crippen LogP contribution in [0.3, 0.4) is 0 Å². The number of anilines is 1. The molecule has 0 aliphatic heterocycles. The van der Waals surface area contributed by atoms with Crippen molar-refractivity contribution in [2.75, 3.05) is 5.73 Å². The van der Waals surface area contributed by atoms with Crippen LogP contribution in [-0.2, 0) is 0 Å². The Balaban J connectivity index is 2.89. The lowest BCUT2D eigenvalue weighted by Gasteiger charge is -1.94. The minimum Gasteiger partial charge on any atom is -0.504 e. The first-order chi connectivity index (χ1) is 5.68. The van der Waals surface area contributed by atoms with Crippen LogP contribution in [0.25, 0.3) is 10.1 Å². The molecule has 62 valence electrons. The van der Waals surface area contributed by atoms with Gasteiger partial charge in [0, 0.05) is 0 Å². The molecule has 2 rings (SSSR count). The highest BCUT2D eigenvalue weighted by Gasteiger charge is 2.07. The van der Waals surface area contributed by atoms with Gasteiger partial charge in [-0.25, -0.2) is 4.39 Å². The number of hydrogen-bond donors (Lipinski definition) is 2. The minimum absolute atomic E-state index is 0.311. The van der Waals surface area contributed by atoms with Crippen molar-refractivity contribution in [3.63, 3.8) is 0 Å². The van der Waals surface area contributed by atoms with Crippen LogP contribution >= 0.6 is 11.3 Å². The zero-order valence-electron chi connectivity index (χ0n) is 6.04. The lowest BCUT2D eigenvalue weighted by Crippen LogP contribution is -1.73. The Hall–Kier alpha value is -1.29. The Morgan fingerprint density at radius 1 is 1.42 bits per heavy atom. The molecule has 3 N–H and O–H groups in total. The van der Waals surface area contributed by atoms with Crippen LogP contribution in [0.5, 0.6) is 5.75 Å². The van der Waals surface area contributed by atoms with E-state index >= 15 is 0 Å². The van der Waals surface area contributed by atoms with Crippen molar-refractivity contribution in [3.05, 3.63) is 24.0 Å². The molecule has 1 heterocycles. The number of thiophene rings is 1. The zero-order chi connectivity index (χ0) is 8.72. The van der Waals surface area contributed by atoms with Crippen LogP contribution in [0.15, 0.2) is 18.2 Å². The SMILES string of the molecule is Nc1cc2ccc(F)c(O)c2s1. The van der Waals surface area contributed by atoms with E-state index in [9.17, 15) is 9.50 Å². The standard InChI is InChI=1S/C8H6FNOS/c9-5-2-1-4-3-6(10)12-8(4)7(5)11/h1-3,11H,10H2. The number of aromatic hydroxyl groups is 1.